The third-order valence-electron chi connectivity index (χ3n) is 7.40. The molecule has 0 aliphatic carbocycles. The second-order valence-corrected chi connectivity index (χ2v) is 10.4. The van der Waals surface area contributed by atoms with Crippen LogP contribution in [0.2, 0.25) is 0 Å². The molecule has 2 saturated heterocycles. The number of hydrogen-bond donors (Lipinski definition) is 6. The fraction of sp³-hybridized carbons (Fsp3) is 0.600. The van der Waals surface area contributed by atoms with E-state index in [1.165, 1.54) is 26.9 Å². The van der Waals surface area contributed by atoms with Crippen LogP contribution in [0.3, 0.4) is 0 Å². The Balaban J connectivity index is 0.000000711. The van der Waals surface area contributed by atoms with E-state index in [0.717, 1.165) is 5.56 Å². The molecule has 2 aromatic carbocycles. The first kappa shape index (κ1) is 45.0. The molecule has 7 N–H and O–H groups in total. The normalized spacial score (nSPS) is 29.0. The van der Waals surface area contributed by atoms with Crippen LogP contribution < -0.4 is 11.1 Å². The van der Waals surface area contributed by atoms with Gasteiger partial charge in [0.1, 0.15) is 18.3 Å². The molecule has 274 valence electrons. The summed E-state index contributed by atoms with van der Waals surface area (Å²) < 4.78 is 24.9. The van der Waals surface area contributed by atoms with Crippen molar-refractivity contribution in [2.24, 2.45) is 17.6 Å². The van der Waals surface area contributed by atoms with Crippen LogP contribution in [0.1, 0.15) is 52.7 Å². The molecule has 2 aliphatic rings. The summed E-state index contributed by atoms with van der Waals surface area (Å²) in [4.78, 5) is 23.5. The molecule has 48 heavy (non-hydrogen) atoms. The molecule has 0 spiro atoms. The van der Waals surface area contributed by atoms with E-state index in [4.69, 9.17) is 24.7 Å². The molecule has 13 nitrogen and oxygen atoms in total. The Hall–Kier alpha value is -2.98. The summed E-state index contributed by atoms with van der Waals surface area (Å²) in [5, 5.41) is 41.7. The lowest BCUT2D eigenvalue weighted by Gasteiger charge is -2.39. The molecular weight excluding hydrogens is 624 g/mol. The monoisotopic (exact) mass is 682 g/mol. The van der Waals surface area contributed by atoms with Crippen molar-refractivity contribution in [1.29, 1.82) is 0 Å². The largest absolute Gasteiger partial charge is 0.467 e. The van der Waals surface area contributed by atoms with Crippen LogP contribution in [0, 0.1) is 11.8 Å². The number of aliphatic hydroxyl groups is 4. The molecule has 2 aromatic rings. The van der Waals surface area contributed by atoms with Gasteiger partial charge < -0.3 is 55.2 Å². The maximum Gasteiger partial charge on any atom is 0.335 e. The zero-order valence-electron chi connectivity index (χ0n) is 29.7. The summed E-state index contributed by atoms with van der Waals surface area (Å²) in [6, 6.07) is 19.5. The third-order valence-corrected chi connectivity index (χ3v) is 7.40. The summed E-state index contributed by atoms with van der Waals surface area (Å²) in [6.07, 6.45) is -8.28. The number of benzene rings is 2. The molecule has 0 saturated carbocycles. The lowest BCUT2D eigenvalue weighted by atomic mass is 9.90. The second kappa shape index (κ2) is 25.1. The van der Waals surface area contributed by atoms with Crippen molar-refractivity contribution in [3.63, 3.8) is 0 Å². The van der Waals surface area contributed by atoms with Crippen molar-refractivity contribution in [2.45, 2.75) is 104 Å². The number of nitrogens with two attached hydrogens (primary N) is 1. The quantitative estimate of drug-likeness (QED) is 0.233. The van der Waals surface area contributed by atoms with Gasteiger partial charge in [-0.3, -0.25) is 4.79 Å². The van der Waals surface area contributed by atoms with Crippen molar-refractivity contribution in [2.75, 3.05) is 21.3 Å². The van der Waals surface area contributed by atoms with Crippen LogP contribution >= 0.6 is 0 Å². The Morgan fingerprint density at radius 1 is 0.688 bits per heavy atom. The van der Waals surface area contributed by atoms with Crippen molar-refractivity contribution >= 4 is 11.9 Å². The van der Waals surface area contributed by atoms with Gasteiger partial charge in [-0.15, -0.1) is 0 Å². The summed E-state index contributed by atoms with van der Waals surface area (Å²) in [7, 11) is 3.91. The Kier molecular flexibility index (Phi) is 23.5. The average Bonchev–Trinajstić information content (AvgIpc) is 3.14. The molecule has 2 aliphatic heterocycles. The summed E-state index contributed by atoms with van der Waals surface area (Å²) in [5.41, 5.74) is 7.51. The lowest BCUT2D eigenvalue weighted by Crippen LogP contribution is -2.58. The molecule has 10 atom stereocenters. The minimum atomic E-state index is -1.16. The van der Waals surface area contributed by atoms with E-state index in [0.29, 0.717) is 13.1 Å². The smallest absolute Gasteiger partial charge is 0.335 e. The molecule has 1 amide bonds. The van der Waals surface area contributed by atoms with Gasteiger partial charge in [0.25, 0.3) is 0 Å². The van der Waals surface area contributed by atoms with Crippen LogP contribution in [0.25, 0.3) is 0 Å². The first-order chi connectivity index (χ1) is 23.0. The number of methoxy groups -OCH3 is 3. The van der Waals surface area contributed by atoms with Crippen LogP contribution in [-0.2, 0) is 46.4 Å². The van der Waals surface area contributed by atoms with Gasteiger partial charge in [0.05, 0.1) is 19.3 Å². The fourth-order valence-electron chi connectivity index (χ4n) is 4.58. The Labute approximate surface area is 285 Å². The molecule has 0 bridgehead atoms. The standard InChI is InChI=1S/C15H21NO5.C9H16O6.C7H9N.2C2H6/c1-9-11(17)12(18)15(20-2)21-13(9)14(19)16-8-10-6-4-3-5-7-10;1-4-5(10)6(11)9(14-3)15-7(4)8(12)13-2;8-6-7-4-2-1-3-5-7;2*1-2/h3-7,9,11-13,15,17-18H,8H2,1-2H3,(H,16,19);4-7,9-11H,1-3H3;1-5H,6,8H2;2*1-2H3. The van der Waals surface area contributed by atoms with Gasteiger partial charge in [-0.25, -0.2) is 4.79 Å². The molecule has 2 fully saturated rings. The van der Waals surface area contributed by atoms with E-state index in [-0.39, 0.29) is 5.91 Å². The number of rotatable bonds is 7. The number of carbonyl (C=O) groups is 2. The van der Waals surface area contributed by atoms with E-state index in [2.05, 4.69) is 10.1 Å². The van der Waals surface area contributed by atoms with Gasteiger partial charge >= 0.3 is 5.97 Å². The number of aliphatic hydroxyl groups excluding tert-OH is 4. The van der Waals surface area contributed by atoms with E-state index >= 15 is 0 Å². The topological polar surface area (TPSA) is 199 Å². The molecule has 0 radical (unpaired) electrons. The maximum absolute atomic E-state index is 12.2. The molecular formula is C35H58N2O11. The third kappa shape index (κ3) is 13.9. The Bertz CT molecular complexity index is 1110. The predicted molar refractivity (Wildman–Crippen MR) is 181 cm³/mol. The van der Waals surface area contributed by atoms with E-state index < -0.39 is 67.0 Å². The molecule has 10 unspecified atom stereocenters. The number of carbonyl (C=O) groups excluding carboxylic acids is 2. The maximum atomic E-state index is 12.2. The number of hydrogen-bond acceptors (Lipinski definition) is 12. The minimum absolute atomic E-state index is 0.334. The van der Waals surface area contributed by atoms with Gasteiger partial charge in [-0.1, -0.05) is 102 Å². The van der Waals surface area contributed by atoms with E-state index in [1.807, 2.05) is 88.4 Å². The lowest BCUT2D eigenvalue weighted by molar-refractivity contribution is -0.274. The molecule has 2 heterocycles. The van der Waals surface area contributed by atoms with Gasteiger partial charge in [-0.05, 0) is 11.1 Å². The fourth-order valence-corrected chi connectivity index (χ4v) is 4.58. The van der Waals surface area contributed by atoms with Crippen LogP contribution in [0.4, 0.5) is 0 Å². The molecule has 0 aromatic heterocycles. The van der Waals surface area contributed by atoms with E-state index in [9.17, 15) is 30.0 Å². The SMILES string of the molecule is CC.CC.COC(=O)C1OC(OC)C(O)C(O)C1C.COC1OC(C(=O)NCc2ccccc2)C(C)C(O)C1O.NCc1ccccc1. The highest BCUT2D eigenvalue weighted by atomic mass is 16.7. The van der Waals surface area contributed by atoms with Crippen molar-refractivity contribution in [1.82, 2.24) is 5.32 Å². The number of esters is 1. The number of nitrogens with one attached hydrogen (secondary N) is 1. The summed E-state index contributed by atoms with van der Waals surface area (Å²) in [5.74, 6) is -1.99. The van der Waals surface area contributed by atoms with E-state index in [1.54, 1.807) is 13.8 Å². The van der Waals surface area contributed by atoms with Gasteiger partial charge in [0, 0.05) is 39.1 Å². The molecule has 13 heteroatoms. The minimum Gasteiger partial charge on any atom is -0.467 e. The van der Waals surface area contributed by atoms with Gasteiger partial charge in [0.15, 0.2) is 18.7 Å². The predicted octanol–water partition coefficient (Wildman–Crippen LogP) is 2.12. The van der Waals surface area contributed by atoms with Crippen LogP contribution in [0.15, 0.2) is 60.7 Å². The zero-order chi connectivity index (χ0) is 36.8. The van der Waals surface area contributed by atoms with Crippen molar-refractivity contribution in [3.05, 3.63) is 71.8 Å². The first-order valence-corrected chi connectivity index (χ1v) is 16.2. The van der Waals surface area contributed by atoms with Gasteiger partial charge in [0.2, 0.25) is 5.91 Å². The van der Waals surface area contributed by atoms with Crippen LogP contribution in [0.5, 0.6) is 0 Å². The van der Waals surface area contributed by atoms with Crippen molar-refractivity contribution < 1.29 is 53.7 Å². The second-order valence-electron chi connectivity index (χ2n) is 10.4. The highest BCUT2D eigenvalue weighted by Gasteiger charge is 2.46. The molecule has 4 rings (SSSR count). The van der Waals surface area contributed by atoms with Crippen molar-refractivity contribution in [3.8, 4) is 0 Å². The zero-order valence-corrected chi connectivity index (χ0v) is 29.7. The van der Waals surface area contributed by atoms with Crippen LogP contribution in [-0.4, -0.2) is 103 Å². The first-order valence-electron chi connectivity index (χ1n) is 16.2. The Morgan fingerprint density at radius 2 is 1.08 bits per heavy atom. The number of ether oxygens (including phenoxy) is 5. The average molecular weight is 683 g/mol. The highest BCUT2D eigenvalue weighted by molar-refractivity contribution is 5.81. The highest BCUT2D eigenvalue weighted by Crippen LogP contribution is 2.28. The summed E-state index contributed by atoms with van der Waals surface area (Å²) in [6.45, 7) is 12.3. The summed E-state index contributed by atoms with van der Waals surface area (Å²) >= 11 is 0. The number of amides is 1. The van der Waals surface area contributed by atoms with Gasteiger partial charge in [-0.2, -0.15) is 0 Å². The Morgan fingerprint density at radius 3 is 1.46 bits per heavy atom.